The van der Waals surface area contributed by atoms with Crippen LogP contribution in [0, 0.1) is 0 Å². The molecular formula is C87H152O16P2. The molecule has 0 aromatic carbocycles. The summed E-state index contributed by atoms with van der Waals surface area (Å²) in [5, 5.41) is 20.7. The lowest BCUT2D eigenvalue weighted by atomic mass is 10.0. The van der Waals surface area contributed by atoms with E-state index in [2.05, 4.69) is 142 Å². The first-order valence-corrected chi connectivity index (χ1v) is 44.8. The van der Waals surface area contributed by atoms with E-state index in [1.807, 2.05) is 0 Å². The standard InChI is InChI=1S/C87H152O16P2/c1-4-7-10-13-16-19-22-25-28-30-32-34-36-37-38-39-40-41-42-43-45-47-48-50-53-55-58-61-64-67-70-73-85(90)97-76-82(88)77-99-104(93,94)100-78-83(89)79-101-105(95,96)102-81-84(103-87(92)75-72-69-66-63-60-57-52-27-24-21-18-15-12-9-6-3)80-98-86(91)74-71-68-65-62-59-56-54-51-49-46-44-35-33-31-29-26-23-20-17-14-11-8-5-2/h7,10,16-17,19-20,25-26,28-29,32-35,37-38,40-41,46,49,82-84,88-89H,4-6,8-9,11-15,18,21-24,27,30-31,36,39,42-45,47-48,50-81H2,1-3H3,(H,93,94)(H,95,96)/b10-7-,19-16-,20-17-,28-25-,29-26-,34-32-,35-33-,38-37-,41-40-,49-46-. The summed E-state index contributed by atoms with van der Waals surface area (Å²) < 4.78 is 61.3. The molecule has 0 saturated carbocycles. The van der Waals surface area contributed by atoms with Crippen molar-refractivity contribution in [2.45, 2.75) is 373 Å². The largest absolute Gasteiger partial charge is 0.472 e. The Labute approximate surface area is 640 Å². The van der Waals surface area contributed by atoms with Crippen molar-refractivity contribution in [1.29, 1.82) is 0 Å². The summed E-state index contributed by atoms with van der Waals surface area (Å²) >= 11 is 0. The number of hydrogen-bond donors (Lipinski definition) is 4. The fourth-order valence-electron chi connectivity index (χ4n) is 11.3. The van der Waals surface area contributed by atoms with E-state index in [9.17, 15) is 43.5 Å². The van der Waals surface area contributed by atoms with Crippen LogP contribution in [0.15, 0.2) is 122 Å². The van der Waals surface area contributed by atoms with Gasteiger partial charge in [0.25, 0.3) is 0 Å². The van der Waals surface area contributed by atoms with Crippen LogP contribution in [0.25, 0.3) is 0 Å². The number of carbonyl (C=O) groups excluding carboxylic acids is 3. The van der Waals surface area contributed by atoms with Gasteiger partial charge in [-0.15, -0.1) is 0 Å². The molecule has 0 fully saturated rings. The molecule has 105 heavy (non-hydrogen) atoms. The lowest BCUT2D eigenvalue weighted by Crippen LogP contribution is -2.30. The molecule has 5 atom stereocenters. The van der Waals surface area contributed by atoms with Gasteiger partial charge in [0.05, 0.1) is 26.4 Å². The van der Waals surface area contributed by atoms with Crippen LogP contribution in [0.1, 0.15) is 355 Å². The number of esters is 3. The fourth-order valence-corrected chi connectivity index (χ4v) is 12.9. The number of rotatable bonds is 79. The van der Waals surface area contributed by atoms with Gasteiger partial charge in [-0.2, -0.15) is 0 Å². The van der Waals surface area contributed by atoms with Gasteiger partial charge >= 0.3 is 33.6 Å². The Bertz CT molecular complexity index is 2390. The van der Waals surface area contributed by atoms with E-state index in [4.69, 9.17) is 32.3 Å². The van der Waals surface area contributed by atoms with Gasteiger partial charge in [0.2, 0.25) is 0 Å². The van der Waals surface area contributed by atoms with Crippen molar-refractivity contribution in [1.82, 2.24) is 0 Å². The molecule has 16 nitrogen and oxygen atoms in total. The SMILES string of the molecule is CC/C=C\C/C=C\C/C=C\C/C=C\C/C=C\C/C=C\CCCCCCCCCCCCCCC(=O)OCC(O)COP(=O)(O)OCC(O)COP(=O)(O)OCC(COC(=O)CCCCCCCCC/C=C\C/C=C\C/C=C\C/C=C\CCCCC)OC(=O)CCCCCCCCCCCCCCCCC. The minimum atomic E-state index is -4.93. The van der Waals surface area contributed by atoms with Gasteiger partial charge in [0.15, 0.2) is 6.10 Å². The number of hydrogen-bond acceptors (Lipinski definition) is 14. The molecule has 0 aliphatic rings. The average Bonchev–Trinajstić information content (AvgIpc) is 0.965. The molecule has 5 unspecified atom stereocenters. The number of phosphoric ester groups is 2. The van der Waals surface area contributed by atoms with E-state index in [0.717, 1.165) is 154 Å². The number of aliphatic hydroxyl groups is 2. The average molecular weight is 1520 g/mol. The van der Waals surface area contributed by atoms with Crippen LogP contribution in [0.3, 0.4) is 0 Å². The number of phosphoric acid groups is 2. The van der Waals surface area contributed by atoms with Gasteiger partial charge in [-0.3, -0.25) is 32.5 Å². The van der Waals surface area contributed by atoms with E-state index in [1.165, 1.54) is 141 Å². The molecule has 0 aromatic heterocycles. The zero-order valence-corrected chi connectivity index (χ0v) is 68.2. The second-order valence-electron chi connectivity index (χ2n) is 27.9. The predicted molar refractivity (Wildman–Crippen MR) is 436 cm³/mol. The van der Waals surface area contributed by atoms with Gasteiger partial charge in [-0.25, -0.2) is 9.13 Å². The maximum absolute atomic E-state index is 13.0. The summed E-state index contributed by atoms with van der Waals surface area (Å²) in [7, 11) is -9.79. The minimum Gasteiger partial charge on any atom is -0.463 e. The lowest BCUT2D eigenvalue weighted by Gasteiger charge is -2.21. The third kappa shape index (κ3) is 80.8. The van der Waals surface area contributed by atoms with Gasteiger partial charge in [0, 0.05) is 19.3 Å². The van der Waals surface area contributed by atoms with Crippen molar-refractivity contribution in [3.63, 3.8) is 0 Å². The molecule has 0 heterocycles. The lowest BCUT2D eigenvalue weighted by molar-refractivity contribution is -0.161. The summed E-state index contributed by atoms with van der Waals surface area (Å²) in [6.07, 6.45) is 95.2. The van der Waals surface area contributed by atoms with Crippen LogP contribution >= 0.6 is 15.6 Å². The van der Waals surface area contributed by atoms with Crippen molar-refractivity contribution in [3.8, 4) is 0 Å². The highest BCUT2D eigenvalue weighted by molar-refractivity contribution is 7.47. The summed E-state index contributed by atoms with van der Waals surface area (Å²) in [6.45, 7) is 2.57. The highest BCUT2D eigenvalue weighted by atomic mass is 31.2. The first-order chi connectivity index (χ1) is 51.2. The van der Waals surface area contributed by atoms with Crippen molar-refractivity contribution in [3.05, 3.63) is 122 Å². The molecule has 0 saturated heterocycles. The quantitative estimate of drug-likeness (QED) is 0.0146. The molecule has 0 bridgehead atoms. The summed E-state index contributed by atoms with van der Waals surface area (Å²) in [5.74, 6) is -1.57. The third-order valence-electron chi connectivity index (χ3n) is 17.7. The first-order valence-electron chi connectivity index (χ1n) is 41.8. The topological polar surface area (TPSA) is 231 Å². The van der Waals surface area contributed by atoms with Crippen molar-refractivity contribution in [2.24, 2.45) is 0 Å². The van der Waals surface area contributed by atoms with Crippen molar-refractivity contribution < 1.29 is 75.8 Å². The molecule has 0 rings (SSSR count). The molecular weight excluding hydrogens is 1360 g/mol. The molecule has 18 heteroatoms. The third-order valence-corrected chi connectivity index (χ3v) is 19.6. The molecule has 4 N–H and O–H groups in total. The summed E-state index contributed by atoms with van der Waals surface area (Å²) in [5.41, 5.74) is 0. The summed E-state index contributed by atoms with van der Waals surface area (Å²) in [6, 6.07) is 0. The number of ether oxygens (including phenoxy) is 3. The van der Waals surface area contributed by atoms with E-state index in [0.29, 0.717) is 19.3 Å². The van der Waals surface area contributed by atoms with E-state index >= 15 is 0 Å². The Morgan fingerprint density at radius 3 is 0.819 bits per heavy atom. The van der Waals surface area contributed by atoms with Crippen LogP contribution in [0.4, 0.5) is 0 Å². The van der Waals surface area contributed by atoms with Crippen LogP contribution in [0.2, 0.25) is 0 Å². The predicted octanol–water partition coefficient (Wildman–Crippen LogP) is 24.9. The number of allylic oxidation sites excluding steroid dienone is 20. The maximum atomic E-state index is 13.0. The highest BCUT2D eigenvalue weighted by Gasteiger charge is 2.29. The van der Waals surface area contributed by atoms with Crippen molar-refractivity contribution >= 4 is 33.6 Å². The van der Waals surface area contributed by atoms with Crippen LogP contribution in [0.5, 0.6) is 0 Å². The Morgan fingerprint density at radius 2 is 0.505 bits per heavy atom. The zero-order valence-electron chi connectivity index (χ0n) is 66.4. The second kappa shape index (κ2) is 79.5. The number of carbonyl (C=O) groups is 3. The number of unbranched alkanes of at least 4 members (excludes halogenated alkanes) is 36. The molecule has 0 aliphatic carbocycles. The molecule has 0 aliphatic heterocycles. The van der Waals surface area contributed by atoms with Gasteiger partial charge in [-0.1, -0.05) is 341 Å². The summed E-state index contributed by atoms with van der Waals surface area (Å²) in [4.78, 5) is 58.7. The Hall–Kier alpha value is -4.05. The Kier molecular flexibility index (Phi) is 76.4. The number of aliphatic hydroxyl groups excluding tert-OH is 2. The van der Waals surface area contributed by atoms with Gasteiger partial charge in [0.1, 0.15) is 25.4 Å². The molecule has 0 spiro atoms. The molecule has 0 amide bonds. The van der Waals surface area contributed by atoms with E-state index in [-0.39, 0.29) is 19.3 Å². The normalized spacial score (nSPS) is 14.5. The highest BCUT2D eigenvalue weighted by Crippen LogP contribution is 2.45. The van der Waals surface area contributed by atoms with Crippen molar-refractivity contribution in [2.75, 3.05) is 39.6 Å². The van der Waals surface area contributed by atoms with Crippen LogP contribution in [-0.4, -0.2) is 95.9 Å². The van der Waals surface area contributed by atoms with Crippen LogP contribution < -0.4 is 0 Å². The smallest absolute Gasteiger partial charge is 0.463 e. The Balaban J connectivity index is 4.51. The van der Waals surface area contributed by atoms with Gasteiger partial charge in [-0.05, 0) is 116 Å². The van der Waals surface area contributed by atoms with Crippen LogP contribution in [-0.2, 0) is 55.8 Å². The minimum absolute atomic E-state index is 0.105. The molecule has 606 valence electrons. The van der Waals surface area contributed by atoms with E-state index in [1.54, 1.807) is 0 Å². The van der Waals surface area contributed by atoms with E-state index < -0.39 is 91.5 Å². The van der Waals surface area contributed by atoms with Gasteiger partial charge < -0.3 is 34.2 Å². The Morgan fingerprint density at radius 1 is 0.276 bits per heavy atom. The first kappa shape index (κ1) is 101. The monoisotopic (exact) mass is 1520 g/mol. The second-order valence-corrected chi connectivity index (χ2v) is 30.8. The maximum Gasteiger partial charge on any atom is 0.472 e. The zero-order chi connectivity index (χ0) is 76.6. The molecule has 0 aromatic rings. The molecule has 0 radical (unpaired) electrons. The fraction of sp³-hybridized carbons (Fsp3) is 0.736.